The van der Waals surface area contributed by atoms with E-state index in [-0.39, 0.29) is 11.1 Å². The van der Waals surface area contributed by atoms with Gasteiger partial charge in [0.1, 0.15) is 0 Å². The number of pyridine rings is 1. The van der Waals surface area contributed by atoms with Gasteiger partial charge in [0.2, 0.25) is 5.95 Å². The third-order valence-electron chi connectivity index (χ3n) is 2.80. The van der Waals surface area contributed by atoms with Crippen molar-refractivity contribution in [2.75, 3.05) is 11.9 Å². The van der Waals surface area contributed by atoms with Crippen LogP contribution < -0.4 is 4.90 Å². The molecule has 1 aromatic heterocycles. The Morgan fingerprint density at radius 3 is 2.40 bits per heavy atom. The zero-order valence-electron chi connectivity index (χ0n) is 10.6. The maximum absolute atomic E-state index is 13.4. The molecule has 2 rings (SSSR count). The summed E-state index contributed by atoms with van der Waals surface area (Å²) < 4.78 is 13.4. The number of hydrogen-bond acceptors (Lipinski definition) is 3. The van der Waals surface area contributed by atoms with Crippen LogP contribution in [0.3, 0.4) is 0 Å². The van der Waals surface area contributed by atoms with E-state index in [9.17, 15) is 14.0 Å². The fourth-order valence-corrected chi connectivity index (χ4v) is 1.67. The summed E-state index contributed by atoms with van der Waals surface area (Å²) in [5.41, 5.74) is 0.433. The van der Waals surface area contributed by atoms with Crippen LogP contribution in [0, 0.1) is 5.95 Å². The Balaban J connectivity index is 2.27. The lowest BCUT2D eigenvalue weighted by atomic mass is 10.2. The first-order valence-electron chi connectivity index (χ1n) is 5.72. The van der Waals surface area contributed by atoms with Gasteiger partial charge in [0.25, 0.3) is 5.91 Å². The predicted octanol–water partition coefficient (Wildman–Crippen LogP) is 2.20. The Kier molecular flexibility index (Phi) is 3.74. The maximum atomic E-state index is 13.4. The second-order valence-corrected chi connectivity index (χ2v) is 4.06. The molecule has 1 amide bonds. The predicted molar refractivity (Wildman–Crippen MR) is 70.3 cm³/mol. The summed E-state index contributed by atoms with van der Waals surface area (Å²) in [4.78, 5) is 27.5. The van der Waals surface area contributed by atoms with Gasteiger partial charge in [-0.25, -0.2) is 9.78 Å². The van der Waals surface area contributed by atoms with Crippen LogP contribution in [0.5, 0.6) is 0 Å². The van der Waals surface area contributed by atoms with Crippen molar-refractivity contribution in [1.82, 2.24) is 4.98 Å². The van der Waals surface area contributed by atoms with Crippen LogP contribution in [0.15, 0.2) is 42.6 Å². The van der Waals surface area contributed by atoms with Crippen LogP contribution >= 0.6 is 0 Å². The number of rotatable bonds is 3. The van der Waals surface area contributed by atoms with Gasteiger partial charge in [0, 0.05) is 18.9 Å². The smallest absolute Gasteiger partial charge is 0.335 e. The van der Waals surface area contributed by atoms with Crippen molar-refractivity contribution in [3.63, 3.8) is 0 Å². The Morgan fingerprint density at radius 2 is 1.85 bits per heavy atom. The summed E-state index contributed by atoms with van der Waals surface area (Å²) in [6.07, 6.45) is 1.26. The molecule has 0 saturated heterocycles. The topological polar surface area (TPSA) is 70.5 Å². The number of carbonyl (C=O) groups is 2. The van der Waals surface area contributed by atoms with Gasteiger partial charge in [0.05, 0.1) is 11.1 Å². The van der Waals surface area contributed by atoms with E-state index in [2.05, 4.69) is 4.98 Å². The normalized spacial score (nSPS) is 10.1. The Bertz CT molecular complexity index is 656. The monoisotopic (exact) mass is 274 g/mol. The van der Waals surface area contributed by atoms with Crippen molar-refractivity contribution < 1.29 is 19.1 Å². The van der Waals surface area contributed by atoms with E-state index in [1.807, 2.05) is 0 Å². The van der Waals surface area contributed by atoms with E-state index in [4.69, 9.17) is 5.11 Å². The largest absolute Gasteiger partial charge is 0.478 e. The number of anilines is 1. The summed E-state index contributed by atoms with van der Waals surface area (Å²) in [6, 6.07) is 8.53. The van der Waals surface area contributed by atoms with E-state index < -0.39 is 17.8 Å². The molecule has 1 N–H and O–H groups in total. The molecule has 0 unspecified atom stereocenters. The minimum absolute atomic E-state index is 0.113. The molecule has 5 nitrogen and oxygen atoms in total. The molecule has 0 bridgehead atoms. The first-order chi connectivity index (χ1) is 9.50. The van der Waals surface area contributed by atoms with Gasteiger partial charge < -0.3 is 10.0 Å². The molecule has 0 aliphatic rings. The minimum atomic E-state index is -1.05. The lowest BCUT2D eigenvalue weighted by Gasteiger charge is -2.17. The van der Waals surface area contributed by atoms with Crippen molar-refractivity contribution in [3.8, 4) is 0 Å². The number of halogens is 1. The average Bonchev–Trinajstić information content (AvgIpc) is 2.46. The van der Waals surface area contributed by atoms with Crippen LogP contribution in [0.4, 0.5) is 10.1 Å². The molecule has 2 aromatic rings. The van der Waals surface area contributed by atoms with Crippen LogP contribution in [0.2, 0.25) is 0 Å². The molecule has 0 aliphatic heterocycles. The lowest BCUT2D eigenvalue weighted by molar-refractivity contribution is 0.0696. The molecule has 0 saturated carbocycles. The molecule has 0 spiro atoms. The van der Waals surface area contributed by atoms with Crippen LogP contribution in [-0.2, 0) is 0 Å². The van der Waals surface area contributed by atoms with Gasteiger partial charge in [-0.1, -0.05) is 0 Å². The SMILES string of the molecule is CN(C(=O)c1cccnc1F)c1ccc(C(=O)O)cc1. The van der Waals surface area contributed by atoms with E-state index in [0.717, 1.165) is 0 Å². The molecule has 0 aliphatic carbocycles. The van der Waals surface area contributed by atoms with Crippen molar-refractivity contribution >= 4 is 17.6 Å². The fourth-order valence-electron chi connectivity index (χ4n) is 1.67. The molecule has 20 heavy (non-hydrogen) atoms. The third-order valence-corrected chi connectivity index (χ3v) is 2.80. The minimum Gasteiger partial charge on any atom is -0.478 e. The first-order valence-corrected chi connectivity index (χ1v) is 5.72. The van der Waals surface area contributed by atoms with E-state index in [0.29, 0.717) is 5.69 Å². The van der Waals surface area contributed by atoms with Crippen molar-refractivity contribution in [2.45, 2.75) is 0 Å². The Labute approximate surface area is 114 Å². The molecule has 1 heterocycles. The number of aromatic nitrogens is 1. The Morgan fingerprint density at radius 1 is 1.20 bits per heavy atom. The Hall–Kier alpha value is -2.76. The standard InChI is InChI=1S/C14H11FN2O3/c1-17(10-6-4-9(5-7-10)14(19)20)13(18)11-3-2-8-16-12(11)15/h2-8H,1H3,(H,19,20). The quantitative estimate of drug-likeness (QED) is 0.871. The van der Waals surface area contributed by atoms with Gasteiger partial charge in [-0.15, -0.1) is 0 Å². The van der Waals surface area contributed by atoms with Gasteiger partial charge >= 0.3 is 5.97 Å². The van der Waals surface area contributed by atoms with Crippen molar-refractivity contribution in [2.24, 2.45) is 0 Å². The number of amides is 1. The number of carboxylic acid groups (broad SMARTS) is 1. The zero-order valence-corrected chi connectivity index (χ0v) is 10.6. The number of carboxylic acids is 1. The van der Waals surface area contributed by atoms with Crippen molar-refractivity contribution in [3.05, 3.63) is 59.7 Å². The third kappa shape index (κ3) is 2.64. The molecule has 6 heteroatoms. The van der Waals surface area contributed by atoms with Gasteiger partial charge in [0.15, 0.2) is 0 Å². The second kappa shape index (κ2) is 5.48. The summed E-state index contributed by atoms with van der Waals surface area (Å²) in [5, 5.41) is 8.80. The first kappa shape index (κ1) is 13.7. The molecule has 102 valence electrons. The van der Waals surface area contributed by atoms with E-state index >= 15 is 0 Å². The fraction of sp³-hybridized carbons (Fsp3) is 0.0714. The lowest BCUT2D eigenvalue weighted by Crippen LogP contribution is -2.27. The van der Waals surface area contributed by atoms with Gasteiger partial charge in [-0.2, -0.15) is 4.39 Å². The van der Waals surface area contributed by atoms with Crippen LogP contribution in [0.25, 0.3) is 0 Å². The highest BCUT2D eigenvalue weighted by molar-refractivity contribution is 6.05. The molecule has 0 radical (unpaired) electrons. The molecule has 0 atom stereocenters. The number of aromatic carboxylic acids is 1. The number of nitrogens with zero attached hydrogens (tertiary/aromatic N) is 2. The summed E-state index contributed by atoms with van der Waals surface area (Å²) in [5.74, 6) is -2.45. The number of carbonyl (C=O) groups excluding carboxylic acids is 1. The molecule has 0 fully saturated rings. The maximum Gasteiger partial charge on any atom is 0.335 e. The van der Waals surface area contributed by atoms with E-state index in [1.165, 1.54) is 54.5 Å². The number of benzene rings is 1. The summed E-state index contributed by atoms with van der Waals surface area (Å²) in [7, 11) is 1.48. The highest BCUT2D eigenvalue weighted by atomic mass is 19.1. The number of hydrogen-bond donors (Lipinski definition) is 1. The molecule has 1 aromatic carbocycles. The summed E-state index contributed by atoms with van der Waals surface area (Å²) >= 11 is 0. The zero-order chi connectivity index (χ0) is 14.7. The highest BCUT2D eigenvalue weighted by Gasteiger charge is 2.18. The van der Waals surface area contributed by atoms with Crippen LogP contribution in [-0.4, -0.2) is 29.0 Å². The summed E-state index contributed by atoms with van der Waals surface area (Å²) in [6.45, 7) is 0. The highest BCUT2D eigenvalue weighted by Crippen LogP contribution is 2.17. The average molecular weight is 274 g/mol. The van der Waals surface area contributed by atoms with Crippen LogP contribution in [0.1, 0.15) is 20.7 Å². The second-order valence-electron chi connectivity index (χ2n) is 4.06. The van der Waals surface area contributed by atoms with Gasteiger partial charge in [-0.05, 0) is 36.4 Å². The van der Waals surface area contributed by atoms with Crippen molar-refractivity contribution in [1.29, 1.82) is 0 Å². The molecular formula is C14H11FN2O3. The molecular weight excluding hydrogens is 263 g/mol. The van der Waals surface area contributed by atoms with E-state index in [1.54, 1.807) is 0 Å². The van der Waals surface area contributed by atoms with Gasteiger partial charge in [-0.3, -0.25) is 4.79 Å².